The van der Waals surface area contributed by atoms with Gasteiger partial charge in [-0.1, -0.05) is 30.3 Å². The summed E-state index contributed by atoms with van der Waals surface area (Å²) in [4.78, 5) is 0. The quantitative estimate of drug-likeness (QED) is 0.691. The largest absolute Gasteiger partial charge is 0.350 e. The highest BCUT2D eigenvalue weighted by molar-refractivity contribution is 5.85. The Morgan fingerprint density at radius 1 is 0.846 bits per heavy atom. The van der Waals surface area contributed by atoms with Crippen LogP contribution in [-0.4, -0.2) is 4.57 Å². The molecule has 2 heteroatoms. The molecule has 1 nitrogen and oxygen atoms in total. The number of nitrogens with zero attached hydrogens (tertiary/aromatic N) is 1. The first-order valence-electron chi connectivity index (χ1n) is 4.10. The van der Waals surface area contributed by atoms with E-state index in [1.54, 1.807) is 0 Å². The number of halogens is 1. The van der Waals surface area contributed by atoms with Gasteiger partial charge >= 0.3 is 0 Å². The fourth-order valence-corrected chi connectivity index (χ4v) is 1.27. The van der Waals surface area contributed by atoms with Crippen LogP contribution < -0.4 is 0 Å². The lowest BCUT2D eigenvalue weighted by atomic mass is 10.2. The van der Waals surface area contributed by atoms with E-state index in [2.05, 4.69) is 41.2 Å². The number of hydrogen-bond acceptors (Lipinski definition) is 0. The van der Waals surface area contributed by atoms with Gasteiger partial charge in [-0.2, -0.15) is 0 Å². The average molecular weight is 194 g/mol. The van der Waals surface area contributed by atoms with Gasteiger partial charge < -0.3 is 4.57 Å². The fourth-order valence-electron chi connectivity index (χ4n) is 1.27. The van der Waals surface area contributed by atoms with Gasteiger partial charge in [-0.15, -0.1) is 12.4 Å². The van der Waals surface area contributed by atoms with Gasteiger partial charge in [0, 0.05) is 18.9 Å². The predicted molar refractivity (Wildman–Crippen MR) is 57.2 cm³/mol. The minimum Gasteiger partial charge on any atom is -0.350 e. The molecule has 0 radical (unpaired) electrons. The highest BCUT2D eigenvalue weighted by atomic mass is 35.5. The number of aromatic nitrogens is 1. The van der Waals surface area contributed by atoms with Crippen LogP contribution in [0.25, 0.3) is 0 Å². The second kappa shape index (κ2) is 4.73. The maximum absolute atomic E-state index is 2.16. The van der Waals surface area contributed by atoms with Crippen LogP contribution in [-0.2, 0) is 6.54 Å². The Morgan fingerprint density at radius 2 is 1.46 bits per heavy atom. The van der Waals surface area contributed by atoms with E-state index in [1.165, 1.54) is 5.56 Å². The molecule has 0 bridgehead atoms. The van der Waals surface area contributed by atoms with Gasteiger partial charge in [0.25, 0.3) is 0 Å². The number of rotatable bonds is 2. The highest BCUT2D eigenvalue weighted by Gasteiger charge is 1.90. The van der Waals surface area contributed by atoms with Gasteiger partial charge in [-0.25, -0.2) is 0 Å². The van der Waals surface area contributed by atoms with Crippen LogP contribution in [0.4, 0.5) is 0 Å². The van der Waals surface area contributed by atoms with Crippen molar-refractivity contribution < 1.29 is 0 Å². The molecule has 0 aliphatic heterocycles. The maximum atomic E-state index is 2.16. The van der Waals surface area contributed by atoms with Gasteiger partial charge in [-0.3, -0.25) is 0 Å². The predicted octanol–water partition coefficient (Wildman–Crippen LogP) is 2.96. The summed E-state index contributed by atoms with van der Waals surface area (Å²) in [6, 6.07) is 14.5. The summed E-state index contributed by atoms with van der Waals surface area (Å²) < 4.78 is 2.16. The van der Waals surface area contributed by atoms with E-state index in [0.29, 0.717) is 0 Å². The first-order valence-corrected chi connectivity index (χ1v) is 4.10. The van der Waals surface area contributed by atoms with Gasteiger partial charge in [0.15, 0.2) is 0 Å². The van der Waals surface area contributed by atoms with Gasteiger partial charge in [-0.05, 0) is 17.7 Å². The molecule has 68 valence electrons. The Balaban J connectivity index is 0.000000845. The van der Waals surface area contributed by atoms with Crippen LogP contribution in [0.2, 0.25) is 0 Å². The molecule has 2 aromatic rings. The molecule has 2 rings (SSSR count). The van der Waals surface area contributed by atoms with Crippen molar-refractivity contribution in [2.24, 2.45) is 0 Å². The Bertz CT molecular complexity index is 326. The smallest absolute Gasteiger partial charge is 0.0470 e. The zero-order chi connectivity index (χ0) is 8.23. The number of benzene rings is 1. The molecule has 0 aliphatic carbocycles. The molecular weight excluding hydrogens is 182 g/mol. The van der Waals surface area contributed by atoms with E-state index in [9.17, 15) is 0 Å². The minimum atomic E-state index is 0. The lowest BCUT2D eigenvalue weighted by Crippen LogP contribution is -1.94. The topological polar surface area (TPSA) is 4.93 Å². The van der Waals surface area contributed by atoms with Crippen molar-refractivity contribution in [3.8, 4) is 0 Å². The Morgan fingerprint density at radius 3 is 2.08 bits per heavy atom. The molecule has 0 N–H and O–H groups in total. The SMILES string of the molecule is Cl.c1ccc(Cn2cccc2)cc1. The molecule has 0 fully saturated rings. The zero-order valence-electron chi connectivity index (χ0n) is 7.26. The Labute approximate surface area is 84.4 Å². The molecule has 1 aromatic heterocycles. The lowest BCUT2D eigenvalue weighted by molar-refractivity contribution is 0.806. The van der Waals surface area contributed by atoms with Crippen molar-refractivity contribution in [1.29, 1.82) is 0 Å². The molecule has 1 aromatic carbocycles. The summed E-state index contributed by atoms with van der Waals surface area (Å²) in [5, 5.41) is 0. The highest BCUT2D eigenvalue weighted by Crippen LogP contribution is 2.01. The molecule has 0 unspecified atom stereocenters. The summed E-state index contributed by atoms with van der Waals surface area (Å²) in [6.07, 6.45) is 4.15. The van der Waals surface area contributed by atoms with E-state index >= 15 is 0 Å². The van der Waals surface area contributed by atoms with Crippen LogP contribution in [0.1, 0.15) is 5.56 Å². The molecule has 1 heterocycles. The van der Waals surface area contributed by atoms with Gasteiger partial charge in [0.05, 0.1) is 0 Å². The molecular formula is C11H12ClN. The van der Waals surface area contributed by atoms with Crippen LogP contribution in [0.15, 0.2) is 54.9 Å². The molecule has 0 aliphatic rings. The summed E-state index contributed by atoms with van der Waals surface area (Å²) in [7, 11) is 0. The van der Waals surface area contributed by atoms with E-state index in [1.807, 2.05) is 18.2 Å². The average Bonchev–Trinajstić information content (AvgIpc) is 2.59. The first kappa shape index (κ1) is 9.87. The summed E-state index contributed by atoms with van der Waals surface area (Å²) in [5.41, 5.74) is 1.34. The van der Waals surface area contributed by atoms with E-state index in [4.69, 9.17) is 0 Å². The van der Waals surface area contributed by atoms with Crippen molar-refractivity contribution >= 4 is 12.4 Å². The Kier molecular flexibility index (Phi) is 3.59. The second-order valence-corrected chi connectivity index (χ2v) is 2.84. The van der Waals surface area contributed by atoms with Crippen LogP contribution in [0.3, 0.4) is 0 Å². The summed E-state index contributed by atoms with van der Waals surface area (Å²) in [5.74, 6) is 0. The van der Waals surface area contributed by atoms with Crippen molar-refractivity contribution in [3.63, 3.8) is 0 Å². The van der Waals surface area contributed by atoms with E-state index in [-0.39, 0.29) is 12.4 Å². The second-order valence-electron chi connectivity index (χ2n) is 2.84. The first-order chi connectivity index (χ1) is 5.95. The van der Waals surface area contributed by atoms with Crippen LogP contribution in [0.5, 0.6) is 0 Å². The third kappa shape index (κ3) is 2.63. The molecule has 13 heavy (non-hydrogen) atoms. The Hall–Kier alpha value is -1.21. The standard InChI is InChI=1S/C11H11N.ClH/c1-2-6-11(7-3-1)10-12-8-4-5-9-12;/h1-9H,10H2;1H. The molecule has 0 spiro atoms. The molecule has 0 saturated carbocycles. The third-order valence-electron chi connectivity index (χ3n) is 1.87. The monoisotopic (exact) mass is 193 g/mol. The molecule has 0 amide bonds. The lowest BCUT2D eigenvalue weighted by Gasteiger charge is -2.01. The molecule has 0 saturated heterocycles. The van der Waals surface area contributed by atoms with Crippen molar-refractivity contribution in [3.05, 3.63) is 60.4 Å². The van der Waals surface area contributed by atoms with Crippen molar-refractivity contribution in [1.82, 2.24) is 4.57 Å². The minimum absolute atomic E-state index is 0. The summed E-state index contributed by atoms with van der Waals surface area (Å²) >= 11 is 0. The van der Waals surface area contributed by atoms with Crippen LogP contribution >= 0.6 is 12.4 Å². The number of hydrogen-bond donors (Lipinski definition) is 0. The molecule has 0 atom stereocenters. The van der Waals surface area contributed by atoms with Gasteiger partial charge in [0.1, 0.15) is 0 Å². The van der Waals surface area contributed by atoms with Crippen molar-refractivity contribution in [2.45, 2.75) is 6.54 Å². The third-order valence-corrected chi connectivity index (χ3v) is 1.87. The fraction of sp³-hybridized carbons (Fsp3) is 0.0909. The maximum Gasteiger partial charge on any atom is 0.0470 e. The van der Waals surface area contributed by atoms with Crippen LogP contribution in [0, 0.1) is 0 Å². The van der Waals surface area contributed by atoms with E-state index in [0.717, 1.165) is 6.54 Å². The normalized spacial score (nSPS) is 9.23. The van der Waals surface area contributed by atoms with Gasteiger partial charge in [0.2, 0.25) is 0 Å². The summed E-state index contributed by atoms with van der Waals surface area (Å²) in [6.45, 7) is 0.966. The van der Waals surface area contributed by atoms with E-state index < -0.39 is 0 Å². The zero-order valence-corrected chi connectivity index (χ0v) is 8.08. The van der Waals surface area contributed by atoms with Crippen molar-refractivity contribution in [2.75, 3.05) is 0 Å².